The summed E-state index contributed by atoms with van der Waals surface area (Å²) in [6.45, 7) is 3.20. The van der Waals surface area contributed by atoms with Crippen molar-refractivity contribution in [3.8, 4) is 0 Å². The number of aromatic nitrogens is 1. The van der Waals surface area contributed by atoms with Gasteiger partial charge in [0.25, 0.3) is 0 Å². The molecule has 0 aliphatic carbocycles. The van der Waals surface area contributed by atoms with Gasteiger partial charge in [0.1, 0.15) is 6.61 Å². The molecule has 1 rings (SSSR count). The zero-order chi connectivity index (χ0) is 10.2. The summed E-state index contributed by atoms with van der Waals surface area (Å²) in [7, 11) is 0. The summed E-state index contributed by atoms with van der Waals surface area (Å²) in [5.41, 5.74) is 2.81. The van der Waals surface area contributed by atoms with E-state index in [-0.39, 0.29) is 12.5 Å². The minimum absolute atomic E-state index is 0.0675. The van der Waals surface area contributed by atoms with E-state index >= 15 is 0 Å². The van der Waals surface area contributed by atoms with E-state index in [1.807, 2.05) is 12.3 Å². The third kappa shape index (κ3) is 4.34. The van der Waals surface area contributed by atoms with Gasteiger partial charge in [0.2, 0.25) is 5.91 Å². The number of hydrogen-bond donors (Lipinski definition) is 1. The number of hydrogen-bond acceptors (Lipinski definition) is 4. The van der Waals surface area contributed by atoms with E-state index in [9.17, 15) is 4.79 Å². The molecule has 0 aliphatic rings. The smallest absolute Gasteiger partial charge is 0.246 e. The van der Waals surface area contributed by atoms with Crippen LogP contribution in [-0.2, 0) is 16.0 Å². The first-order valence-electron chi connectivity index (χ1n) is 4.54. The predicted octanol–water partition coefficient (Wildman–Crippen LogP) is 0.838. The Hall–Kier alpha value is -0.940. The van der Waals surface area contributed by atoms with E-state index in [4.69, 9.17) is 4.74 Å². The van der Waals surface area contributed by atoms with Crippen molar-refractivity contribution in [3.63, 3.8) is 0 Å². The molecule has 1 aromatic heterocycles. The standard InChI is InChI=1S/C9H14N2O2S/c1-2-13-5-9(12)10-4-3-8-6-14-7-11-8/h6-7H,2-5H2,1H3,(H,10,12). The molecule has 0 fully saturated rings. The fraction of sp³-hybridized carbons (Fsp3) is 0.556. The Morgan fingerprint density at radius 3 is 3.21 bits per heavy atom. The minimum Gasteiger partial charge on any atom is -0.372 e. The van der Waals surface area contributed by atoms with E-state index in [1.54, 1.807) is 16.8 Å². The van der Waals surface area contributed by atoms with Gasteiger partial charge in [0.15, 0.2) is 0 Å². The van der Waals surface area contributed by atoms with Gasteiger partial charge in [-0.2, -0.15) is 0 Å². The average Bonchev–Trinajstić information content (AvgIpc) is 2.67. The van der Waals surface area contributed by atoms with Crippen LogP contribution < -0.4 is 5.32 Å². The summed E-state index contributed by atoms with van der Waals surface area (Å²) in [5, 5.41) is 4.74. The first-order chi connectivity index (χ1) is 6.83. The number of nitrogens with one attached hydrogen (secondary N) is 1. The van der Waals surface area contributed by atoms with Crippen molar-refractivity contribution in [1.29, 1.82) is 0 Å². The van der Waals surface area contributed by atoms with Crippen LogP contribution in [0.4, 0.5) is 0 Å². The van der Waals surface area contributed by atoms with Gasteiger partial charge in [0, 0.05) is 25.0 Å². The van der Waals surface area contributed by atoms with Crippen LogP contribution in [-0.4, -0.2) is 30.6 Å². The van der Waals surface area contributed by atoms with Crippen LogP contribution in [0.15, 0.2) is 10.9 Å². The number of thiazole rings is 1. The molecule has 0 spiro atoms. The van der Waals surface area contributed by atoms with E-state index in [2.05, 4.69) is 10.3 Å². The molecule has 1 aromatic rings. The maximum atomic E-state index is 11.1. The van der Waals surface area contributed by atoms with Crippen LogP contribution in [0.5, 0.6) is 0 Å². The molecule has 4 nitrogen and oxygen atoms in total. The molecule has 0 saturated carbocycles. The second-order valence-corrected chi connectivity index (χ2v) is 3.44. The first-order valence-corrected chi connectivity index (χ1v) is 5.48. The molecule has 78 valence electrons. The third-order valence-electron chi connectivity index (χ3n) is 1.62. The van der Waals surface area contributed by atoms with E-state index in [1.165, 1.54) is 0 Å². The van der Waals surface area contributed by atoms with E-state index in [0.29, 0.717) is 13.2 Å². The fourth-order valence-electron chi connectivity index (χ4n) is 0.937. The van der Waals surface area contributed by atoms with Gasteiger partial charge in [-0.1, -0.05) is 0 Å². The second kappa shape index (κ2) is 6.50. The molecule has 0 unspecified atom stereocenters. The van der Waals surface area contributed by atoms with Crippen molar-refractivity contribution < 1.29 is 9.53 Å². The number of ether oxygens (including phenoxy) is 1. The molecule has 1 N–H and O–H groups in total. The van der Waals surface area contributed by atoms with Crippen LogP contribution in [0.25, 0.3) is 0 Å². The molecule has 0 radical (unpaired) electrons. The zero-order valence-corrected chi connectivity index (χ0v) is 8.97. The molecule has 5 heteroatoms. The fourth-order valence-corrected chi connectivity index (χ4v) is 1.53. The minimum atomic E-state index is -0.0675. The Labute approximate surface area is 87.3 Å². The number of amides is 1. The Bertz CT molecular complexity index is 262. The highest BCUT2D eigenvalue weighted by Gasteiger charge is 2.00. The molecule has 0 atom stereocenters. The van der Waals surface area contributed by atoms with Gasteiger partial charge in [-0.3, -0.25) is 4.79 Å². The van der Waals surface area contributed by atoms with Crippen molar-refractivity contribution in [2.75, 3.05) is 19.8 Å². The lowest BCUT2D eigenvalue weighted by atomic mass is 10.3. The summed E-state index contributed by atoms with van der Waals surface area (Å²) >= 11 is 1.56. The summed E-state index contributed by atoms with van der Waals surface area (Å²) in [6.07, 6.45) is 0.779. The maximum absolute atomic E-state index is 11.1. The number of nitrogens with zero attached hydrogens (tertiary/aromatic N) is 1. The second-order valence-electron chi connectivity index (χ2n) is 2.72. The molecule has 0 bridgehead atoms. The first kappa shape index (κ1) is 11.1. The number of rotatable bonds is 6. The van der Waals surface area contributed by atoms with Crippen molar-refractivity contribution in [1.82, 2.24) is 10.3 Å². The van der Waals surface area contributed by atoms with Crippen molar-refractivity contribution in [3.05, 3.63) is 16.6 Å². The molecule has 1 heterocycles. The van der Waals surface area contributed by atoms with Crippen molar-refractivity contribution in [2.24, 2.45) is 0 Å². The highest BCUT2D eigenvalue weighted by molar-refractivity contribution is 7.07. The van der Waals surface area contributed by atoms with Crippen LogP contribution in [0.2, 0.25) is 0 Å². The van der Waals surface area contributed by atoms with Gasteiger partial charge in [-0.05, 0) is 6.92 Å². The molecule has 14 heavy (non-hydrogen) atoms. The lowest BCUT2D eigenvalue weighted by Crippen LogP contribution is -2.29. The number of carbonyl (C=O) groups excluding carboxylic acids is 1. The Balaban J connectivity index is 2.06. The number of carbonyl (C=O) groups is 1. The SMILES string of the molecule is CCOCC(=O)NCCc1cscn1. The topological polar surface area (TPSA) is 51.2 Å². The average molecular weight is 214 g/mol. The van der Waals surface area contributed by atoms with Gasteiger partial charge in [-0.25, -0.2) is 4.98 Å². The van der Waals surface area contributed by atoms with Crippen LogP contribution in [0.1, 0.15) is 12.6 Å². The molecular formula is C9H14N2O2S. The quantitative estimate of drug-likeness (QED) is 0.763. The third-order valence-corrected chi connectivity index (χ3v) is 2.26. The lowest BCUT2D eigenvalue weighted by molar-refractivity contribution is -0.125. The molecule has 0 aliphatic heterocycles. The monoisotopic (exact) mass is 214 g/mol. The van der Waals surface area contributed by atoms with Crippen LogP contribution in [0, 0.1) is 0 Å². The Kier molecular flexibility index (Phi) is 5.17. The Morgan fingerprint density at radius 1 is 1.71 bits per heavy atom. The van der Waals surface area contributed by atoms with Crippen LogP contribution >= 0.6 is 11.3 Å². The molecule has 0 saturated heterocycles. The summed E-state index contributed by atoms with van der Waals surface area (Å²) in [4.78, 5) is 15.2. The highest BCUT2D eigenvalue weighted by atomic mass is 32.1. The van der Waals surface area contributed by atoms with Gasteiger partial charge in [0.05, 0.1) is 11.2 Å². The van der Waals surface area contributed by atoms with E-state index in [0.717, 1.165) is 12.1 Å². The zero-order valence-electron chi connectivity index (χ0n) is 8.16. The van der Waals surface area contributed by atoms with Gasteiger partial charge >= 0.3 is 0 Å². The van der Waals surface area contributed by atoms with Crippen molar-refractivity contribution >= 4 is 17.2 Å². The highest BCUT2D eigenvalue weighted by Crippen LogP contribution is 2.00. The largest absolute Gasteiger partial charge is 0.372 e. The van der Waals surface area contributed by atoms with Gasteiger partial charge < -0.3 is 10.1 Å². The van der Waals surface area contributed by atoms with Gasteiger partial charge in [-0.15, -0.1) is 11.3 Å². The lowest BCUT2D eigenvalue weighted by Gasteiger charge is -2.03. The maximum Gasteiger partial charge on any atom is 0.246 e. The van der Waals surface area contributed by atoms with Crippen LogP contribution in [0.3, 0.4) is 0 Å². The van der Waals surface area contributed by atoms with E-state index < -0.39 is 0 Å². The summed E-state index contributed by atoms with van der Waals surface area (Å²) in [5.74, 6) is -0.0675. The predicted molar refractivity (Wildman–Crippen MR) is 55.3 cm³/mol. The summed E-state index contributed by atoms with van der Waals surface area (Å²) in [6, 6.07) is 0. The van der Waals surface area contributed by atoms with Crippen molar-refractivity contribution in [2.45, 2.75) is 13.3 Å². The molecule has 0 aromatic carbocycles. The normalized spacial score (nSPS) is 10.1. The Morgan fingerprint density at radius 2 is 2.57 bits per heavy atom. The summed E-state index contributed by atoms with van der Waals surface area (Å²) < 4.78 is 4.96. The molecule has 1 amide bonds. The molecular weight excluding hydrogens is 200 g/mol.